The molecule has 160 valence electrons. The Balaban J connectivity index is 2.04. The van der Waals surface area contributed by atoms with E-state index in [4.69, 9.17) is 16.3 Å². The average Bonchev–Trinajstić information content (AvgIpc) is 3.30. The van der Waals surface area contributed by atoms with Gasteiger partial charge in [0.25, 0.3) is 0 Å². The zero-order valence-electron chi connectivity index (χ0n) is 17.2. The molecule has 0 aliphatic heterocycles. The van der Waals surface area contributed by atoms with Crippen molar-refractivity contribution < 1.29 is 22.7 Å². The summed E-state index contributed by atoms with van der Waals surface area (Å²) in [4.78, 5) is 24.8. The number of alkyl carbamates (subject to hydrolysis) is 1. The molecule has 1 saturated carbocycles. The number of hydrogen-bond donors (Lipinski definition) is 1. The number of carbonyl (C=O) groups is 2. The third-order valence-electron chi connectivity index (χ3n) is 5.00. The van der Waals surface area contributed by atoms with Crippen LogP contribution in [0.4, 0.5) is 4.79 Å². The topological polar surface area (TPSA) is 89.5 Å². The summed E-state index contributed by atoms with van der Waals surface area (Å²) in [6.07, 6.45) is -0.359. The van der Waals surface area contributed by atoms with Gasteiger partial charge in [0.15, 0.2) is 9.84 Å². The van der Waals surface area contributed by atoms with E-state index in [1.54, 1.807) is 57.2 Å². The highest BCUT2D eigenvalue weighted by molar-refractivity contribution is 7.92. The molecule has 1 fully saturated rings. The third kappa shape index (κ3) is 4.23. The van der Waals surface area contributed by atoms with Crippen molar-refractivity contribution in [2.75, 3.05) is 0 Å². The van der Waals surface area contributed by atoms with E-state index < -0.39 is 38.2 Å². The van der Waals surface area contributed by atoms with Crippen molar-refractivity contribution in [2.45, 2.75) is 54.9 Å². The summed E-state index contributed by atoms with van der Waals surface area (Å²) >= 11 is 5.96. The van der Waals surface area contributed by atoms with Crippen LogP contribution in [-0.2, 0) is 19.4 Å². The first-order valence-electron chi connectivity index (χ1n) is 9.44. The van der Waals surface area contributed by atoms with Gasteiger partial charge in [-0.25, -0.2) is 13.2 Å². The summed E-state index contributed by atoms with van der Waals surface area (Å²) in [6.45, 7) is 6.91. The van der Waals surface area contributed by atoms with Gasteiger partial charge in [-0.2, -0.15) is 0 Å². The van der Waals surface area contributed by atoms with Crippen LogP contribution < -0.4 is 5.32 Å². The molecule has 1 amide bonds. The molecule has 0 radical (unpaired) electrons. The summed E-state index contributed by atoms with van der Waals surface area (Å²) in [7, 11) is -3.93. The fourth-order valence-electron chi connectivity index (χ4n) is 3.60. The molecular weight excluding hydrogens is 426 g/mol. The Morgan fingerprint density at radius 2 is 1.67 bits per heavy atom. The number of benzene rings is 2. The summed E-state index contributed by atoms with van der Waals surface area (Å²) in [6, 6.07) is 12.9. The van der Waals surface area contributed by atoms with Gasteiger partial charge >= 0.3 is 6.09 Å². The second-order valence-electron chi connectivity index (χ2n) is 8.49. The molecule has 1 aliphatic rings. The zero-order chi connectivity index (χ0) is 22.3. The Kier molecular flexibility index (Phi) is 5.73. The molecule has 3 rings (SSSR count). The van der Waals surface area contributed by atoms with E-state index in [2.05, 4.69) is 5.32 Å². The zero-order valence-corrected chi connectivity index (χ0v) is 18.8. The van der Waals surface area contributed by atoms with E-state index in [-0.39, 0.29) is 4.90 Å². The lowest BCUT2D eigenvalue weighted by Crippen LogP contribution is -2.45. The molecule has 0 saturated heterocycles. The van der Waals surface area contributed by atoms with Crippen LogP contribution >= 0.6 is 11.6 Å². The summed E-state index contributed by atoms with van der Waals surface area (Å²) in [5.74, 6) is -0.772. The maximum Gasteiger partial charge on any atom is 0.408 e. The normalized spacial score (nSPS) is 23.5. The second kappa shape index (κ2) is 7.71. The van der Waals surface area contributed by atoms with Gasteiger partial charge in [0, 0.05) is 10.9 Å². The van der Waals surface area contributed by atoms with Gasteiger partial charge in [-0.05, 0) is 57.5 Å². The van der Waals surface area contributed by atoms with E-state index in [1.165, 1.54) is 12.1 Å². The number of sulfone groups is 1. The van der Waals surface area contributed by atoms with Gasteiger partial charge in [0.1, 0.15) is 22.7 Å². The van der Waals surface area contributed by atoms with Crippen molar-refractivity contribution in [3.8, 4) is 0 Å². The van der Waals surface area contributed by atoms with E-state index in [0.29, 0.717) is 16.9 Å². The molecule has 30 heavy (non-hydrogen) atoms. The number of aryl methyl sites for hydroxylation is 1. The third-order valence-corrected chi connectivity index (χ3v) is 7.52. The lowest BCUT2D eigenvalue weighted by Gasteiger charge is -2.22. The van der Waals surface area contributed by atoms with Crippen LogP contribution in [0, 0.1) is 6.92 Å². The van der Waals surface area contributed by atoms with Crippen LogP contribution in [-0.4, -0.2) is 37.2 Å². The van der Waals surface area contributed by atoms with Gasteiger partial charge in [-0.1, -0.05) is 41.4 Å². The monoisotopic (exact) mass is 449 g/mol. The maximum absolute atomic E-state index is 13.4. The largest absolute Gasteiger partial charge is 0.444 e. The predicted octanol–water partition coefficient (Wildman–Crippen LogP) is 4.05. The Morgan fingerprint density at radius 3 is 2.17 bits per heavy atom. The molecule has 1 N–H and O–H groups in total. The molecule has 2 aromatic carbocycles. The second-order valence-corrected chi connectivity index (χ2v) is 11.0. The van der Waals surface area contributed by atoms with E-state index in [0.717, 1.165) is 5.56 Å². The molecule has 0 aromatic heterocycles. The number of amides is 1. The first-order chi connectivity index (χ1) is 13.9. The molecule has 0 unspecified atom stereocenters. The number of hydrogen-bond acceptors (Lipinski definition) is 5. The number of ether oxygens (including phenoxy) is 1. The maximum atomic E-state index is 13.4. The average molecular weight is 450 g/mol. The van der Waals surface area contributed by atoms with Gasteiger partial charge in [-0.3, -0.25) is 0 Å². The summed E-state index contributed by atoms with van der Waals surface area (Å²) in [5, 5.41) is 1.85. The fourth-order valence-corrected chi connectivity index (χ4v) is 5.98. The van der Waals surface area contributed by atoms with Gasteiger partial charge in [0.2, 0.25) is 0 Å². The van der Waals surface area contributed by atoms with Crippen LogP contribution in [0.3, 0.4) is 0 Å². The Bertz CT molecular complexity index is 1060. The molecule has 3 atom stereocenters. The number of rotatable bonds is 5. The van der Waals surface area contributed by atoms with Crippen molar-refractivity contribution >= 4 is 33.8 Å². The highest BCUT2D eigenvalue weighted by Gasteiger charge is 2.73. The van der Waals surface area contributed by atoms with Crippen molar-refractivity contribution in [3.63, 3.8) is 0 Å². The SMILES string of the molecule is Cc1ccc(S(=O)(=O)[C@@H]2[C@H](c3ccc(Cl)cc3)[C@]2(C=O)NC(=O)OC(C)(C)C)cc1. The smallest absolute Gasteiger partial charge is 0.408 e. The number of halogens is 1. The molecule has 0 spiro atoms. The lowest BCUT2D eigenvalue weighted by atomic mass is 10.1. The fraction of sp³-hybridized carbons (Fsp3) is 0.364. The molecular formula is C22H24ClNO5S. The van der Waals surface area contributed by atoms with Crippen LogP contribution in [0.1, 0.15) is 37.8 Å². The number of aldehydes is 1. The van der Waals surface area contributed by atoms with Crippen LogP contribution in [0.2, 0.25) is 5.02 Å². The lowest BCUT2D eigenvalue weighted by molar-refractivity contribution is -0.110. The van der Waals surface area contributed by atoms with E-state index >= 15 is 0 Å². The van der Waals surface area contributed by atoms with E-state index in [1.807, 2.05) is 6.92 Å². The number of carbonyl (C=O) groups excluding carboxylic acids is 2. The summed E-state index contributed by atoms with van der Waals surface area (Å²) < 4.78 is 32.1. The van der Waals surface area contributed by atoms with Crippen molar-refractivity contribution in [3.05, 3.63) is 64.7 Å². The summed E-state index contributed by atoms with van der Waals surface area (Å²) in [5.41, 5.74) is -0.944. The van der Waals surface area contributed by atoms with Crippen LogP contribution in [0.5, 0.6) is 0 Å². The molecule has 0 heterocycles. The Hall–Kier alpha value is -2.38. The van der Waals surface area contributed by atoms with Gasteiger partial charge in [0.05, 0.1) is 4.90 Å². The van der Waals surface area contributed by atoms with Crippen LogP contribution in [0.25, 0.3) is 0 Å². The Morgan fingerprint density at radius 1 is 1.10 bits per heavy atom. The molecule has 8 heteroatoms. The number of nitrogens with one attached hydrogen (secondary N) is 1. The molecule has 2 aromatic rings. The standard InChI is InChI=1S/C22H24ClNO5S/c1-14-5-11-17(12-6-14)30(27,28)19-18(15-7-9-16(23)10-8-15)22(19,13-25)24-20(26)29-21(2,3)4/h5-13,18-19H,1-4H3,(H,24,26)/t18-,19+,22-/m0/s1. The van der Waals surface area contributed by atoms with Crippen LogP contribution in [0.15, 0.2) is 53.4 Å². The van der Waals surface area contributed by atoms with Crippen molar-refractivity contribution in [1.29, 1.82) is 0 Å². The highest BCUT2D eigenvalue weighted by Crippen LogP contribution is 2.56. The highest BCUT2D eigenvalue weighted by atomic mass is 35.5. The minimum Gasteiger partial charge on any atom is -0.444 e. The van der Waals surface area contributed by atoms with Gasteiger partial charge in [-0.15, -0.1) is 0 Å². The molecule has 1 aliphatic carbocycles. The van der Waals surface area contributed by atoms with Gasteiger partial charge < -0.3 is 14.8 Å². The van der Waals surface area contributed by atoms with Crippen molar-refractivity contribution in [2.24, 2.45) is 0 Å². The predicted molar refractivity (Wildman–Crippen MR) is 115 cm³/mol. The van der Waals surface area contributed by atoms with Crippen molar-refractivity contribution in [1.82, 2.24) is 5.32 Å². The van der Waals surface area contributed by atoms with E-state index in [9.17, 15) is 18.0 Å². The quantitative estimate of drug-likeness (QED) is 0.695. The first-order valence-corrected chi connectivity index (χ1v) is 11.4. The Labute approximate surface area is 181 Å². The minimum absolute atomic E-state index is 0.0896. The molecule has 6 nitrogen and oxygen atoms in total. The minimum atomic E-state index is -3.93. The molecule has 0 bridgehead atoms. The first kappa shape index (κ1) is 22.3.